The van der Waals surface area contributed by atoms with E-state index < -0.39 is 5.82 Å². The van der Waals surface area contributed by atoms with Gasteiger partial charge in [-0.15, -0.1) is 0 Å². The van der Waals surface area contributed by atoms with Gasteiger partial charge in [0, 0.05) is 0 Å². The minimum absolute atomic E-state index is 0.142. The maximum atomic E-state index is 13.2. The third kappa shape index (κ3) is 2.66. The van der Waals surface area contributed by atoms with Crippen LogP contribution in [0.4, 0.5) is 4.39 Å². The number of nitrogens with two attached hydrogens (primary N) is 1. The summed E-state index contributed by atoms with van der Waals surface area (Å²) in [5, 5.41) is 0.142. The monoisotopic (exact) mass is 265 g/mol. The van der Waals surface area contributed by atoms with E-state index in [1.807, 2.05) is 6.07 Å². The number of hydrogen-bond donors (Lipinski definition) is 1. The maximum Gasteiger partial charge on any atom is 0.156 e. The molecule has 2 N–H and O–H groups in total. The Hall–Kier alpha value is -0.120. The molecule has 1 aromatic rings. The first-order valence-corrected chi connectivity index (χ1v) is 5.16. The van der Waals surface area contributed by atoms with Crippen LogP contribution in [0.15, 0.2) is 16.6 Å². The van der Waals surface area contributed by atoms with Crippen LogP contribution in [0, 0.1) is 5.82 Å². The first kappa shape index (κ1) is 11.0. The molecule has 0 saturated carbocycles. The zero-order valence-electron chi connectivity index (χ0n) is 6.99. The predicted octanol–water partition coefficient (Wildman–Crippen LogP) is 3.13. The Morgan fingerprint density at radius 2 is 2.15 bits per heavy atom. The zero-order chi connectivity index (χ0) is 9.84. The second kappa shape index (κ2) is 4.94. The Morgan fingerprint density at radius 1 is 1.46 bits per heavy atom. The van der Waals surface area contributed by atoms with Gasteiger partial charge in [-0.3, -0.25) is 0 Å². The fraction of sp³-hybridized carbons (Fsp3) is 0.333. The first-order chi connectivity index (χ1) is 6.16. The van der Waals surface area contributed by atoms with Gasteiger partial charge in [0.1, 0.15) is 0 Å². The minimum atomic E-state index is -0.392. The van der Waals surface area contributed by atoms with Crippen molar-refractivity contribution in [3.05, 3.63) is 33.0 Å². The summed E-state index contributed by atoms with van der Waals surface area (Å²) in [6.07, 6.45) is 1.62. The van der Waals surface area contributed by atoms with E-state index >= 15 is 0 Å². The SMILES string of the molecule is NCCCc1ccc(Cl)c(F)c1Br. The molecule has 1 nitrogen and oxygen atoms in total. The molecule has 1 aromatic carbocycles. The van der Waals surface area contributed by atoms with Crippen LogP contribution in [0.25, 0.3) is 0 Å². The number of aryl methyl sites for hydroxylation is 1. The molecule has 0 heterocycles. The van der Waals surface area contributed by atoms with Crippen LogP contribution in [-0.4, -0.2) is 6.54 Å². The largest absolute Gasteiger partial charge is 0.330 e. The van der Waals surface area contributed by atoms with Gasteiger partial charge in [0.05, 0.1) is 9.50 Å². The van der Waals surface area contributed by atoms with Gasteiger partial charge < -0.3 is 5.73 Å². The normalized spacial score (nSPS) is 10.5. The van der Waals surface area contributed by atoms with E-state index in [9.17, 15) is 4.39 Å². The van der Waals surface area contributed by atoms with Crippen LogP contribution in [0.1, 0.15) is 12.0 Å². The van der Waals surface area contributed by atoms with Gasteiger partial charge in [-0.2, -0.15) is 0 Å². The van der Waals surface area contributed by atoms with Crippen LogP contribution < -0.4 is 5.73 Å². The average Bonchev–Trinajstić information content (AvgIpc) is 2.13. The van der Waals surface area contributed by atoms with E-state index in [-0.39, 0.29) is 5.02 Å². The molecule has 4 heteroatoms. The molecule has 0 aliphatic rings. The molecule has 1 rings (SSSR count). The molecule has 0 atom stereocenters. The molecule has 0 radical (unpaired) electrons. The smallest absolute Gasteiger partial charge is 0.156 e. The highest BCUT2D eigenvalue weighted by molar-refractivity contribution is 9.10. The molecular formula is C9H10BrClFN. The van der Waals surface area contributed by atoms with Crippen molar-refractivity contribution < 1.29 is 4.39 Å². The molecule has 0 spiro atoms. The Morgan fingerprint density at radius 3 is 2.77 bits per heavy atom. The number of halogens is 3. The van der Waals surface area contributed by atoms with Crippen molar-refractivity contribution >= 4 is 27.5 Å². The summed E-state index contributed by atoms with van der Waals surface area (Å²) in [7, 11) is 0. The van der Waals surface area contributed by atoms with Gasteiger partial charge in [-0.1, -0.05) is 17.7 Å². The summed E-state index contributed by atoms with van der Waals surface area (Å²) in [5.74, 6) is -0.392. The van der Waals surface area contributed by atoms with Crippen molar-refractivity contribution in [2.75, 3.05) is 6.54 Å². The fourth-order valence-electron chi connectivity index (χ4n) is 1.05. The Kier molecular flexibility index (Phi) is 4.16. The van der Waals surface area contributed by atoms with Crippen LogP contribution >= 0.6 is 27.5 Å². The van der Waals surface area contributed by atoms with Crippen molar-refractivity contribution in [3.8, 4) is 0 Å². The van der Waals surface area contributed by atoms with Crippen LogP contribution in [0.5, 0.6) is 0 Å². The molecule has 0 saturated heterocycles. The first-order valence-electron chi connectivity index (χ1n) is 3.99. The van der Waals surface area contributed by atoms with Crippen molar-refractivity contribution in [3.63, 3.8) is 0 Å². The lowest BCUT2D eigenvalue weighted by atomic mass is 10.1. The highest BCUT2D eigenvalue weighted by Crippen LogP contribution is 2.27. The van der Waals surface area contributed by atoms with Gasteiger partial charge >= 0.3 is 0 Å². The summed E-state index contributed by atoms with van der Waals surface area (Å²) < 4.78 is 13.7. The standard InChI is InChI=1S/C9H10BrClFN/c10-8-6(2-1-5-13)3-4-7(11)9(8)12/h3-4H,1-2,5,13H2. The molecular weight excluding hydrogens is 256 g/mol. The fourth-order valence-corrected chi connectivity index (χ4v) is 1.87. The lowest BCUT2D eigenvalue weighted by Gasteiger charge is -2.05. The maximum absolute atomic E-state index is 13.2. The minimum Gasteiger partial charge on any atom is -0.330 e. The van der Waals surface area contributed by atoms with E-state index in [2.05, 4.69) is 15.9 Å². The second-order valence-electron chi connectivity index (χ2n) is 2.73. The lowest BCUT2D eigenvalue weighted by Crippen LogP contribution is -2.01. The Bertz CT molecular complexity index is 304. The molecule has 0 aliphatic carbocycles. The van der Waals surface area contributed by atoms with Crippen molar-refractivity contribution in [1.29, 1.82) is 0 Å². The summed E-state index contributed by atoms with van der Waals surface area (Å²) in [6, 6.07) is 3.37. The second-order valence-corrected chi connectivity index (χ2v) is 3.93. The molecule has 0 bridgehead atoms. The van der Waals surface area contributed by atoms with Crippen LogP contribution in [0.3, 0.4) is 0 Å². The Labute approximate surface area is 90.2 Å². The van der Waals surface area contributed by atoms with E-state index in [1.54, 1.807) is 6.07 Å². The van der Waals surface area contributed by atoms with E-state index in [1.165, 1.54) is 0 Å². The molecule has 72 valence electrons. The van der Waals surface area contributed by atoms with Crippen molar-refractivity contribution in [2.45, 2.75) is 12.8 Å². The van der Waals surface area contributed by atoms with Gasteiger partial charge in [0.25, 0.3) is 0 Å². The third-order valence-electron chi connectivity index (χ3n) is 1.77. The molecule has 0 amide bonds. The van der Waals surface area contributed by atoms with Gasteiger partial charge in [0.2, 0.25) is 0 Å². The zero-order valence-corrected chi connectivity index (χ0v) is 9.33. The Balaban J connectivity index is 2.90. The number of hydrogen-bond acceptors (Lipinski definition) is 1. The summed E-state index contributed by atoms with van der Waals surface area (Å²) in [5.41, 5.74) is 6.27. The van der Waals surface area contributed by atoms with Gasteiger partial charge in [-0.25, -0.2) is 4.39 Å². The average molecular weight is 267 g/mol. The molecule has 0 aliphatic heterocycles. The van der Waals surface area contributed by atoms with E-state index in [4.69, 9.17) is 17.3 Å². The lowest BCUT2D eigenvalue weighted by molar-refractivity contribution is 0.617. The topological polar surface area (TPSA) is 26.0 Å². The highest BCUT2D eigenvalue weighted by Gasteiger charge is 2.08. The van der Waals surface area contributed by atoms with Crippen LogP contribution in [0.2, 0.25) is 5.02 Å². The van der Waals surface area contributed by atoms with E-state index in [0.29, 0.717) is 11.0 Å². The molecule has 0 unspecified atom stereocenters. The summed E-state index contributed by atoms with van der Waals surface area (Å²) >= 11 is 8.75. The van der Waals surface area contributed by atoms with Crippen molar-refractivity contribution in [2.24, 2.45) is 5.73 Å². The molecule has 0 fully saturated rings. The highest BCUT2D eigenvalue weighted by atomic mass is 79.9. The predicted molar refractivity (Wildman–Crippen MR) is 56.5 cm³/mol. The van der Waals surface area contributed by atoms with Gasteiger partial charge in [0.15, 0.2) is 5.82 Å². The van der Waals surface area contributed by atoms with Crippen LogP contribution in [-0.2, 0) is 6.42 Å². The van der Waals surface area contributed by atoms with Crippen molar-refractivity contribution in [1.82, 2.24) is 0 Å². The number of benzene rings is 1. The molecule has 13 heavy (non-hydrogen) atoms. The van der Waals surface area contributed by atoms with Gasteiger partial charge in [-0.05, 0) is 46.9 Å². The molecule has 0 aromatic heterocycles. The third-order valence-corrected chi connectivity index (χ3v) is 2.91. The summed E-state index contributed by atoms with van der Waals surface area (Å²) in [6.45, 7) is 0.608. The quantitative estimate of drug-likeness (QED) is 0.836. The summed E-state index contributed by atoms with van der Waals surface area (Å²) in [4.78, 5) is 0. The van der Waals surface area contributed by atoms with E-state index in [0.717, 1.165) is 18.4 Å². The number of rotatable bonds is 3.